The van der Waals surface area contributed by atoms with Gasteiger partial charge in [-0.3, -0.25) is 4.79 Å². The molecule has 1 aliphatic carbocycles. The van der Waals surface area contributed by atoms with Crippen molar-refractivity contribution < 1.29 is 14.3 Å². The van der Waals surface area contributed by atoms with Crippen LogP contribution in [0.4, 0.5) is 0 Å². The number of benzene rings is 2. The van der Waals surface area contributed by atoms with E-state index in [1.807, 2.05) is 35.2 Å². The molecule has 4 nitrogen and oxygen atoms in total. The highest BCUT2D eigenvalue weighted by molar-refractivity contribution is 6.32. The van der Waals surface area contributed by atoms with Gasteiger partial charge in [0.1, 0.15) is 0 Å². The molecule has 0 atom stereocenters. The Hall–Kier alpha value is -2.20. The maximum atomic E-state index is 13.0. The van der Waals surface area contributed by atoms with Gasteiger partial charge in [-0.25, -0.2) is 0 Å². The fourth-order valence-corrected chi connectivity index (χ4v) is 3.54. The molecule has 2 aromatic rings. The molecule has 1 amide bonds. The minimum absolute atomic E-state index is 0.127. The predicted molar refractivity (Wildman–Crippen MR) is 101 cm³/mol. The van der Waals surface area contributed by atoms with Gasteiger partial charge in [0.05, 0.1) is 24.7 Å². The Morgan fingerprint density at radius 1 is 1.08 bits per heavy atom. The fourth-order valence-electron chi connectivity index (χ4n) is 3.25. The van der Waals surface area contributed by atoms with Gasteiger partial charge in [0, 0.05) is 19.0 Å². The van der Waals surface area contributed by atoms with Crippen molar-refractivity contribution in [1.29, 1.82) is 0 Å². The Labute approximate surface area is 158 Å². The van der Waals surface area contributed by atoms with Gasteiger partial charge in [0.2, 0.25) is 5.91 Å². The zero-order chi connectivity index (χ0) is 17.9. The van der Waals surface area contributed by atoms with E-state index >= 15 is 0 Å². The second kappa shape index (κ2) is 7.58. The maximum Gasteiger partial charge on any atom is 0.227 e. The van der Waals surface area contributed by atoms with Gasteiger partial charge in [-0.05, 0) is 36.1 Å². The van der Waals surface area contributed by atoms with Crippen molar-refractivity contribution in [2.45, 2.75) is 38.3 Å². The van der Waals surface area contributed by atoms with Crippen molar-refractivity contribution in [2.24, 2.45) is 0 Å². The van der Waals surface area contributed by atoms with Crippen LogP contribution in [0.25, 0.3) is 0 Å². The van der Waals surface area contributed by atoms with E-state index in [9.17, 15) is 4.79 Å². The van der Waals surface area contributed by atoms with Crippen molar-refractivity contribution >= 4 is 17.5 Å². The smallest absolute Gasteiger partial charge is 0.227 e. The highest BCUT2D eigenvalue weighted by Gasteiger charge is 2.32. The number of hydrogen-bond acceptors (Lipinski definition) is 3. The number of amides is 1. The Morgan fingerprint density at radius 2 is 1.85 bits per heavy atom. The van der Waals surface area contributed by atoms with Crippen LogP contribution >= 0.6 is 11.6 Å². The third kappa shape index (κ3) is 3.96. The lowest BCUT2D eigenvalue weighted by Crippen LogP contribution is -2.33. The van der Waals surface area contributed by atoms with E-state index in [1.165, 1.54) is 0 Å². The summed E-state index contributed by atoms with van der Waals surface area (Å²) >= 11 is 6.36. The van der Waals surface area contributed by atoms with E-state index in [2.05, 4.69) is 12.1 Å². The summed E-state index contributed by atoms with van der Waals surface area (Å²) in [6, 6.07) is 14.2. The monoisotopic (exact) mass is 371 g/mol. The Kier molecular flexibility index (Phi) is 5.02. The van der Waals surface area contributed by atoms with Crippen LogP contribution in [0, 0.1) is 0 Å². The summed E-state index contributed by atoms with van der Waals surface area (Å²) in [7, 11) is 0. The summed E-state index contributed by atoms with van der Waals surface area (Å²) in [6.07, 6.45) is 3.31. The molecule has 0 radical (unpaired) electrons. The van der Waals surface area contributed by atoms with Crippen molar-refractivity contribution in [1.82, 2.24) is 4.90 Å². The second-order valence-corrected chi connectivity index (χ2v) is 7.28. The quantitative estimate of drug-likeness (QED) is 0.789. The minimum Gasteiger partial charge on any atom is -0.489 e. The molecule has 2 aromatic carbocycles. The molecule has 0 bridgehead atoms. The van der Waals surface area contributed by atoms with Crippen molar-refractivity contribution in [3.8, 4) is 11.5 Å². The molecule has 0 unspecified atom stereocenters. The summed E-state index contributed by atoms with van der Waals surface area (Å²) in [5.74, 6) is 1.35. The van der Waals surface area contributed by atoms with Crippen LogP contribution < -0.4 is 9.47 Å². The van der Waals surface area contributed by atoms with E-state index in [-0.39, 0.29) is 5.91 Å². The van der Waals surface area contributed by atoms with Crippen molar-refractivity contribution in [3.05, 3.63) is 58.6 Å². The molecule has 1 heterocycles. The molecule has 0 N–H and O–H groups in total. The van der Waals surface area contributed by atoms with E-state index in [4.69, 9.17) is 21.1 Å². The number of carbonyl (C=O) groups is 1. The third-order valence-corrected chi connectivity index (χ3v) is 5.00. The Bertz CT molecular complexity index is 789. The van der Waals surface area contributed by atoms with Gasteiger partial charge in [-0.15, -0.1) is 0 Å². The molecule has 26 heavy (non-hydrogen) atoms. The van der Waals surface area contributed by atoms with Gasteiger partial charge < -0.3 is 14.4 Å². The number of hydrogen-bond donors (Lipinski definition) is 0. The Morgan fingerprint density at radius 3 is 2.62 bits per heavy atom. The first-order valence-corrected chi connectivity index (χ1v) is 9.50. The first kappa shape index (κ1) is 17.2. The number of halogens is 1. The highest BCUT2D eigenvalue weighted by Crippen LogP contribution is 2.38. The number of fused-ring (bicyclic) bond motifs is 1. The molecule has 1 saturated carbocycles. The first-order chi connectivity index (χ1) is 12.7. The molecule has 5 heteroatoms. The van der Waals surface area contributed by atoms with Gasteiger partial charge in [0.15, 0.2) is 11.5 Å². The minimum atomic E-state index is 0.127. The standard InChI is InChI=1S/C21H22ClNO3/c22-18-11-16(12-19-21(18)26-10-4-9-25-19)13-20(24)23(17-7-8-17)14-15-5-2-1-3-6-15/h1-3,5-6,11-12,17H,4,7-10,13-14H2. The largest absolute Gasteiger partial charge is 0.489 e. The lowest BCUT2D eigenvalue weighted by atomic mass is 10.1. The molecule has 2 aliphatic rings. The van der Waals surface area contributed by atoms with Crippen LogP contribution in [-0.2, 0) is 17.8 Å². The average molecular weight is 372 g/mol. The van der Waals surface area contributed by atoms with Crippen LogP contribution in [-0.4, -0.2) is 30.1 Å². The SMILES string of the molecule is O=C(Cc1cc(Cl)c2c(c1)OCCCO2)N(Cc1ccccc1)C1CC1. The second-order valence-electron chi connectivity index (χ2n) is 6.87. The molecule has 0 spiro atoms. The van der Waals surface area contributed by atoms with Gasteiger partial charge >= 0.3 is 0 Å². The lowest BCUT2D eigenvalue weighted by Gasteiger charge is -2.23. The number of nitrogens with zero attached hydrogens (tertiary/aromatic N) is 1. The summed E-state index contributed by atoms with van der Waals surface area (Å²) in [5.41, 5.74) is 2.02. The lowest BCUT2D eigenvalue weighted by molar-refractivity contribution is -0.131. The highest BCUT2D eigenvalue weighted by atomic mass is 35.5. The van der Waals surface area contributed by atoms with Crippen LogP contribution in [0.3, 0.4) is 0 Å². The van der Waals surface area contributed by atoms with E-state index in [1.54, 1.807) is 0 Å². The van der Waals surface area contributed by atoms with Crippen LogP contribution in [0.1, 0.15) is 30.4 Å². The van der Waals surface area contributed by atoms with E-state index in [0.717, 1.165) is 30.4 Å². The zero-order valence-corrected chi connectivity index (χ0v) is 15.4. The molecule has 0 aromatic heterocycles. The maximum absolute atomic E-state index is 13.0. The third-order valence-electron chi connectivity index (χ3n) is 4.72. The summed E-state index contributed by atoms with van der Waals surface area (Å²) < 4.78 is 11.4. The Balaban J connectivity index is 1.51. The van der Waals surface area contributed by atoms with Crippen LogP contribution in [0.15, 0.2) is 42.5 Å². The van der Waals surface area contributed by atoms with E-state index < -0.39 is 0 Å². The summed E-state index contributed by atoms with van der Waals surface area (Å²) in [6.45, 7) is 1.85. The number of carbonyl (C=O) groups excluding carboxylic acids is 1. The molecule has 4 rings (SSSR count). The number of ether oxygens (including phenoxy) is 2. The van der Waals surface area contributed by atoms with Crippen molar-refractivity contribution in [3.63, 3.8) is 0 Å². The molecular weight excluding hydrogens is 350 g/mol. The topological polar surface area (TPSA) is 38.8 Å². The molecular formula is C21H22ClNO3. The first-order valence-electron chi connectivity index (χ1n) is 9.12. The molecule has 1 fully saturated rings. The molecule has 1 aliphatic heterocycles. The average Bonchev–Trinajstić information content (AvgIpc) is 3.47. The number of rotatable bonds is 5. The molecule has 136 valence electrons. The van der Waals surface area contributed by atoms with Crippen molar-refractivity contribution in [2.75, 3.05) is 13.2 Å². The normalized spacial score (nSPS) is 16.0. The van der Waals surface area contributed by atoms with Gasteiger partial charge in [-0.2, -0.15) is 0 Å². The summed E-state index contributed by atoms with van der Waals surface area (Å²) in [4.78, 5) is 14.9. The van der Waals surface area contributed by atoms with Crippen LogP contribution in [0.2, 0.25) is 5.02 Å². The molecule has 0 saturated heterocycles. The van der Waals surface area contributed by atoms with E-state index in [0.29, 0.717) is 48.7 Å². The van der Waals surface area contributed by atoms with Gasteiger partial charge in [0.25, 0.3) is 0 Å². The van der Waals surface area contributed by atoms with Gasteiger partial charge in [-0.1, -0.05) is 41.9 Å². The zero-order valence-electron chi connectivity index (χ0n) is 14.6. The fraction of sp³-hybridized carbons (Fsp3) is 0.381. The predicted octanol–water partition coefficient (Wildman–Crippen LogP) is 4.24. The van der Waals surface area contributed by atoms with Crippen LogP contribution in [0.5, 0.6) is 11.5 Å². The summed E-state index contributed by atoms with van der Waals surface area (Å²) in [5, 5.41) is 0.508.